The lowest BCUT2D eigenvalue weighted by Gasteiger charge is -2.46. The third-order valence-corrected chi connectivity index (χ3v) is 9.19. The van der Waals surface area contributed by atoms with Crippen LogP contribution in [0, 0.1) is 23.2 Å². The van der Waals surface area contributed by atoms with E-state index in [-0.39, 0.29) is 23.7 Å². The number of amides is 1. The second-order valence-corrected chi connectivity index (χ2v) is 11.3. The second-order valence-electron chi connectivity index (χ2n) is 11.3. The highest BCUT2D eigenvalue weighted by atomic mass is 16.6. The summed E-state index contributed by atoms with van der Waals surface area (Å²) in [5, 5.41) is 26.4. The van der Waals surface area contributed by atoms with Crippen LogP contribution in [-0.2, 0) is 20.7 Å². The van der Waals surface area contributed by atoms with Crippen LogP contribution in [0.3, 0.4) is 0 Å². The smallest absolute Gasteiger partial charge is 0.235 e. The van der Waals surface area contributed by atoms with Crippen LogP contribution in [-0.4, -0.2) is 57.3 Å². The number of fused-ring (bicyclic) bond motifs is 2. The molecule has 7 heteroatoms. The van der Waals surface area contributed by atoms with Crippen molar-refractivity contribution in [1.29, 1.82) is 0 Å². The van der Waals surface area contributed by atoms with Crippen molar-refractivity contribution in [1.82, 2.24) is 10.3 Å². The van der Waals surface area contributed by atoms with Crippen LogP contribution in [0.15, 0.2) is 53.8 Å². The summed E-state index contributed by atoms with van der Waals surface area (Å²) in [6.07, 6.45) is 4.46. The first-order chi connectivity index (χ1) is 17.2. The summed E-state index contributed by atoms with van der Waals surface area (Å²) in [4.78, 5) is 31.6. The minimum absolute atomic E-state index is 0.187. The molecule has 4 N–H and O–H groups in total. The quantitative estimate of drug-likeness (QED) is 0.294. The summed E-state index contributed by atoms with van der Waals surface area (Å²) in [6, 6.07) is 7.73. The number of aliphatic hydroxyl groups excluding tert-OH is 2. The number of Topliss-reactive ketones (excluding diaryl/α,β-unsaturated/α-hetero) is 1. The molecule has 2 fully saturated rings. The molecule has 1 aromatic heterocycles. The van der Waals surface area contributed by atoms with Gasteiger partial charge in [-0.25, -0.2) is 0 Å². The van der Waals surface area contributed by atoms with E-state index in [2.05, 4.69) is 23.3 Å². The molecule has 190 valence electrons. The Balaban J connectivity index is 1.48. The van der Waals surface area contributed by atoms with Gasteiger partial charge >= 0.3 is 0 Å². The number of carbonyl (C=O) groups is 2. The van der Waals surface area contributed by atoms with Crippen molar-refractivity contribution in [3.05, 3.63) is 59.3 Å². The first kappa shape index (κ1) is 23.6. The molecule has 9 atom stereocenters. The molecule has 4 aliphatic rings. The first-order valence-electron chi connectivity index (χ1n) is 13.0. The number of hydrogen-bond acceptors (Lipinski definition) is 5. The van der Waals surface area contributed by atoms with Crippen LogP contribution in [0.5, 0.6) is 0 Å². The van der Waals surface area contributed by atoms with E-state index in [1.54, 1.807) is 0 Å². The Morgan fingerprint density at radius 2 is 1.92 bits per heavy atom. The molecule has 2 aliphatic carbocycles. The Morgan fingerprint density at radius 3 is 2.72 bits per heavy atom. The molecule has 0 bridgehead atoms. The van der Waals surface area contributed by atoms with Crippen LogP contribution < -0.4 is 5.32 Å². The number of ether oxygens (including phenoxy) is 1. The van der Waals surface area contributed by atoms with E-state index in [9.17, 15) is 19.8 Å². The van der Waals surface area contributed by atoms with E-state index < -0.39 is 41.7 Å². The minimum atomic E-state index is -1.48. The number of aromatic amines is 1. The highest BCUT2D eigenvalue weighted by Crippen LogP contribution is 2.57. The van der Waals surface area contributed by atoms with Gasteiger partial charge < -0.3 is 25.3 Å². The number of ketones is 1. The van der Waals surface area contributed by atoms with Crippen LogP contribution in [0.2, 0.25) is 0 Å². The second kappa shape index (κ2) is 8.40. The molecule has 1 spiro atoms. The summed E-state index contributed by atoms with van der Waals surface area (Å²) in [7, 11) is 0. The Kier molecular flexibility index (Phi) is 5.52. The molecular formula is C29H34N2O5. The van der Waals surface area contributed by atoms with E-state index in [0.29, 0.717) is 19.3 Å². The lowest BCUT2D eigenvalue weighted by molar-refractivity contribution is -0.148. The van der Waals surface area contributed by atoms with E-state index in [4.69, 9.17) is 4.74 Å². The molecule has 1 amide bonds. The van der Waals surface area contributed by atoms with Gasteiger partial charge in [-0.3, -0.25) is 9.59 Å². The van der Waals surface area contributed by atoms with E-state index >= 15 is 0 Å². The van der Waals surface area contributed by atoms with Gasteiger partial charge in [-0.05, 0) is 56.2 Å². The van der Waals surface area contributed by atoms with Gasteiger partial charge in [0, 0.05) is 35.0 Å². The summed E-state index contributed by atoms with van der Waals surface area (Å²) in [5.41, 5.74) is 2.31. The number of aliphatic hydroxyl groups is 2. The zero-order valence-electron chi connectivity index (χ0n) is 20.9. The number of epoxide rings is 1. The fraction of sp³-hybridized carbons (Fsp3) is 0.517. The molecule has 0 radical (unpaired) electrons. The molecule has 6 rings (SSSR count). The number of rotatable bonds is 2. The average molecular weight is 491 g/mol. The van der Waals surface area contributed by atoms with Crippen molar-refractivity contribution in [2.24, 2.45) is 23.2 Å². The average Bonchev–Trinajstić information content (AvgIpc) is 3.48. The van der Waals surface area contributed by atoms with Gasteiger partial charge in [0.2, 0.25) is 5.91 Å². The number of H-pyrrole nitrogens is 1. The summed E-state index contributed by atoms with van der Waals surface area (Å²) in [5.74, 6) is -1.60. The largest absolute Gasteiger partial charge is 0.390 e. The fourth-order valence-electron chi connectivity index (χ4n) is 7.18. The van der Waals surface area contributed by atoms with Crippen molar-refractivity contribution in [3.8, 4) is 0 Å². The monoisotopic (exact) mass is 490 g/mol. The van der Waals surface area contributed by atoms with Gasteiger partial charge in [0.05, 0.1) is 12.2 Å². The maximum atomic E-state index is 14.3. The van der Waals surface area contributed by atoms with E-state index in [0.717, 1.165) is 27.6 Å². The standard InChI is InChI=1S/C29H34N2O5/c1-14-7-6-9-19-24(33)16(3)15(2)23-21(12-17-13-30-20-10-5-4-8-18(17)20)31-28(35)29(19,23)27(34)26-25(36-26)22(32)11-14/h4-6,8-10,13-14,19,21-26,30,32-33H,7,11-12H2,1-3H3,(H,31,35). The maximum Gasteiger partial charge on any atom is 0.235 e. The third kappa shape index (κ3) is 3.29. The summed E-state index contributed by atoms with van der Waals surface area (Å²) >= 11 is 0. The number of nitrogens with one attached hydrogen (secondary N) is 2. The normalized spacial score (nSPS) is 40.4. The number of aromatic nitrogens is 1. The van der Waals surface area contributed by atoms with Crippen LogP contribution in [0.4, 0.5) is 0 Å². The number of carbonyl (C=O) groups excluding carboxylic acids is 2. The predicted octanol–water partition coefficient (Wildman–Crippen LogP) is 2.82. The Bertz CT molecular complexity index is 1290. The number of benzene rings is 1. The first-order valence-corrected chi connectivity index (χ1v) is 13.0. The molecular weight excluding hydrogens is 456 g/mol. The zero-order chi connectivity index (χ0) is 25.4. The molecule has 7 nitrogen and oxygen atoms in total. The van der Waals surface area contributed by atoms with Crippen LogP contribution >= 0.6 is 0 Å². The van der Waals surface area contributed by atoms with Crippen molar-refractivity contribution < 1.29 is 24.5 Å². The zero-order valence-corrected chi connectivity index (χ0v) is 20.9. The highest BCUT2D eigenvalue weighted by Gasteiger charge is 2.71. The number of hydrogen-bond donors (Lipinski definition) is 4. The molecule has 3 heterocycles. The molecule has 0 saturated carbocycles. The molecule has 1 aromatic carbocycles. The van der Waals surface area contributed by atoms with Crippen molar-refractivity contribution in [3.63, 3.8) is 0 Å². The number of para-hydroxylation sites is 1. The Labute approximate surface area is 210 Å². The van der Waals surface area contributed by atoms with Gasteiger partial charge in [-0.2, -0.15) is 0 Å². The fourth-order valence-corrected chi connectivity index (χ4v) is 7.18. The number of allylic oxidation sites excluding steroid dienone is 1. The lowest BCUT2D eigenvalue weighted by Crippen LogP contribution is -2.57. The molecule has 2 saturated heterocycles. The van der Waals surface area contributed by atoms with Gasteiger partial charge in [0.15, 0.2) is 5.78 Å². The maximum absolute atomic E-state index is 14.3. The Hall–Kier alpha value is -2.74. The van der Waals surface area contributed by atoms with Crippen LogP contribution in [0.1, 0.15) is 39.2 Å². The highest BCUT2D eigenvalue weighted by molar-refractivity contribution is 6.12. The minimum Gasteiger partial charge on any atom is -0.390 e. The molecule has 2 aromatic rings. The summed E-state index contributed by atoms with van der Waals surface area (Å²) in [6.45, 7) is 5.89. The molecule has 36 heavy (non-hydrogen) atoms. The SMILES string of the molecule is CC1=C(C)C2C(Cc3c[nH]c4ccccc34)NC(=O)C23C(=O)C2OC2C(O)CC(C)CC=CC3C1O. The Morgan fingerprint density at radius 1 is 1.14 bits per heavy atom. The molecule has 2 aliphatic heterocycles. The molecule has 9 unspecified atom stereocenters. The van der Waals surface area contributed by atoms with Crippen molar-refractivity contribution in [2.75, 3.05) is 0 Å². The predicted molar refractivity (Wildman–Crippen MR) is 135 cm³/mol. The van der Waals surface area contributed by atoms with Gasteiger partial charge in [0.25, 0.3) is 0 Å². The van der Waals surface area contributed by atoms with E-state index in [1.807, 2.05) is 50.4 Å². The lowest BCUT2D eigenvalue weighted by atomic mass is 9.54. The van der Waals surface area contributed by atoms with Gasteiger partial charge in [-0.15, -0.1) is 0 Å². The third-order valence-electron chi connectivity index (χ3n) is 9.19. The van der Waals surface area contributed by atoms with Gasteiger partial charge in [-0.1, -0.05) is 42.8 Å². The van der Waals surface area contributed by atoms with Crippen molar-refractivity contribution >= 4 is 22.6 Å². The van der Waals surface area contributed by atoms with Gasteiger partial charge in [0.1, 0.15) is 17.6 Å². The topological polar surface area (TPSA) is 115 Å². The summed E-state index contributed by atoms with van der Waals surface area (Å²) < 4.78 is 5.75. The van der Waals surface area contributed by atoms with E-state index in [1.165, 1.54) is 0 Å². The van der Waals surface area contributed by atoms with Crippen LogP contribution in [0.25, 0.3) is 10.9 Å². The van der Waals surface area contributed by atoms with Crippen molar-refractivity contribution in [2.45, 2.75) is 70.5 Å².